The minimum atomic E-state index is -10.7. The summed E-state index contributed by atoms with van der Waals surface area (Å²) in [5.74, 6) is 0. The Kier molecular flexibility index (Phi) is 13.9. The molecule has 4 heterocycles. The summed E-state index contributed by atoms with van der Waals surface area (Å²) in [7, 11) is -10.7. The molecule has 0 aliphatic carbocycles. The fourth-order valence-corrected chi connectivity index (χ4v) is 6.16. The van der Waals surface area contributed by atoms with Crippen LogP contribution >= 0.6 is 7.81 Å². The molecule has 0 aliphatic rings. The number of rotatable bonds is 4. The monoisotopic (exact) mass is 1040 g/mol. The summed E-state index contributed by atoms with van der Waals surface area (Å²) < 4.78 is 59.2. The molecule has 0 amide bonds. The Morgan fingerprint density at radius 3 is 1.21 bits per heavy atom. The first-order chi connectivity index (χ1) is 28.8. The number of fused-ring (bicyclic) bond motifs is 5. The molecule has 0 N–H and O–H groups in total. The summed E-state index contributed by atoms with van der Waals surface area (Å²) in [4.78, 5) is 39.5. The normalized spacial score (nSPS) is 12.0. The number of carbonyl (C=O) groups excluding carboxylic acids is 2. The molecule has 2 radical (unpaired) electrons. The van der Waals surface area contributed by atoms with E-state index >= 15 is 0 Å². The number of hydrogen-bond donors (Lipinski definition) is 0. The van der Waals surface area contributed by atoms with Gasteiger partial charge in [0.1, 0.15) is 12.6 Å². The average Bonchev–Trinajstić information content (AvgIpc) is 3.25. The van der Waals surface area contributed by atoms with Crippen LogP contribution in [0.3, 0.4) is 0 Å². The van der Waals surface area contributed by atoms with Crippen molar-refractivity contribution in [2.24, 2.45) is 0 Å². The Labute approximate surface area is 366 Å². The minimum Gasteiger partial charge on any atom is -0.298 e. The quantitative estimate of drug-likeness (QED) is 0.0755. The number of hydrogen-bond acceptors (Lipinski definition) is 6. The second-order valence-corrected chi connectivity index (χ2v) is 16.0. The first-order valence-electron chi connectivity index (χ1n) is 18.6. The molecule has 0 bridgehead atoms. The summed E-state index contributed by atoms with van der Waals surface area (Å²) in [6.45, 7) is 8.48. The molecular weight excluding hydrogens is 1000 g/mol. The predicted molar refractivity (Wildman–Crippen MR) is 232 cm³/mol. The van der Waals surface area contributed by atoms with E-state index in [1.165, 1.54) is 33.0 Å². The van der Waals surface area contributed by atoms with Crippen molar-refractivity contribution in [3.05, 3.63) is 179 Å². The standard InChI is InChI=1S/C16H16N2.2C16H10NO.F6P.Ir/c1-9-7-17-15-13(11(9)3)5-6-14-12(4)10(2)8-18-16(14)15;2*18-11-12-5-7-14(8-6-12)16-10-9-13-3-1-2-4-15(13)17-16;1-7(2,3,4,5)6;/h5-8H,1-4H3;2*1-7,9-11H;;/q;;;-1;+3. The molecule has 9 rings (SSSR count). The molecule has 314 valence electrons. The van der Waals surface area contributed by atoms with Crippen LogP contribution in [0.25, 0.3) is 66.1 Å². The third-order valence-electron chi connectivity index (χ3n) is 9.61. The van der Waals surface area contributed by atoms with Gasteiger partial charge in [0.05, 0.1) is 33.5 Å². The topological polar surface area (TPSA) is 85.7 Å². The maximum absolute atomic E-state index is 10.7. The summed E-state index contributed by atoms with van der Waals surface area (Å²) in [6.07, 6.45) is 5.50. The first kappa shape index (κ1) is 46.8. The van der Waals surface area contributed by atoms with E-state index in [-0.39, 0.29) is 20.1 Å². The number of pyridine rings is 4. The molecule has 14 heteroatoms. The van der Waals surface area contributed by atoms with Crippen LogP contribution in [0.15, 0.2) is 134 Å². The Morgan fingerprint density at radius 1 is 0.500 bits per heavy atom. The van der Waals surface area contributed by atoms with E-state index in [2.05, 4.69) is 71.9 Å². The third kappa shape index (κ3) is 12.6. The molecule has 0 fully saturated rings. The van der Waals surface area contributed by atoms with E-state index in [1.54, 1.807) is 24.3 Å². The van der Waals surface area contributed by atoms with E-state index in [0.717, 1.165) is 67.9 Å². The van der Waals surface area contributed by atoms with Crippen LogP contribution in [-0.2, 0) is 20.1 Å². The van der Waals surface area contributed by atoms with Gasteiger partial charge in [0, 0.05) is 56.2 Å². The van der Waals surface area contributed by atoms with E-state index < -0.39 is 7.81 Å². The molecule has 0 saturated heterocycles. The predicted octanol–water partition coefficient (Wildman–Crippen LogP) is 14.4. The Balaban J connectivity index is 0.000000162. The van der Waals surface area contributed by atoms with Gasteiger partial charge >= 0.3 is 53.1 Å². The number of para-hydroxylation sites is 2. The number of nitrogens with zero attached hydrogens (tertiary/aromatic N) is 4. The zero-order chi connectivity index (χ0) is 44.0. The maximum atomic E-state index is 10.6. The molecule has 6 nitrogen and oxygen atoms in total. The van der Waals surface area contributed by atoms with Gasteiger partial charge in [-0.3, -0.25) is 19.6 Å². The van der Waals surface area contributed by atoms with Crippen molar-refractivity contribution in [1.82, 2.24) is 19.9 Å². The second-order valence-electron chi connectivity index (χ2n) is 14.0. The third-order valence-corrected chi connectivity index (χ3v) is 9.61. The van der Waals surface area contributed by atoms with Gasteiger partial charge in [0.25, 0.3) is 0 Å². The number of aryl methyl sites for hydroxylation is 4. The zero-order valence-electron chi connectivity index (χ0n) is 33.5. The number of benzene rings is 5. The molecule has 0 aliphatic heterocycles. The maximum Gasteiger partial charge on any atom is 3.00 e. The van der Waals surface area contributed by atoms with Gasteiger partial charge in [-0.05, 0) is 98.5 Å². The van der Waals surface area contributed by atoms with Crippen LogP contribution in [0.5, 0.6) is 0 Å². The molecule has 0 unspecified atom stereocenters. The fourth-order valence-electron chi connectivity index (χ4n) is 6.16. The fraction of sp³-hybridized carbons (Fsp3) is 0.0833. The van der Waals surface area contributed by atoms with E-state index in [9.17, 15) is 34.8 Å². The van der Waals surface area contributed by atoms with Crippen molar-refractivity contribution in [2.75, 3.05) is 0 Å². The van der Waals surface area contributed by atoms with Gasteiger partial charge in [-0.15, -0.1) is 0 Å². The van der Waals surface area contributed by atoms with Crippen LogP contribution in [0, 0.1) is 39.8 Å². The van der Waals surface area contributed by atoms with Gasteiger partial charge in [-0.1, -0.05) is 84.9 Å². The number of halogens is 6. The summed E-state index contributed by atoms with van der Waals surface area (Å²) >= 11 is 0. The summed E-state index contributed by atoms with van der Waals surface area (Å²) in [5, 5.41) is 4.65. The number of carbonyl (C=O) groups is 2. The van der Waals surface area contributed by atoms with Crippen molar-refractivity contribution < 1.29 is 54.9 Å². The van der Waals surface area contributed by atoms with Crippen molar-refractivity contribution in [2.45, 2.75) is 27.7 Å². The van der Waals surface area contributed by atoms with E-state index in [1.807, 2.05) is 97.3 Å². The first-order valence-corrected chi connectivity index (χ1v) is 20.6. The second kappa shape index (κ2) is 18.4. The molecule has 62 heavy (non-hydrogen) atoms. The number of aromatic nitrogens is 4. The minimum absolute atomic E-state index is 0. The van der Waals surface area contributed by atoms with Crippen LogP contribution < -0.4 is 0 Å². The Morgan fingerprint density at radius 2 is 0.871 bits per heavy atom. The number of aldehydes is 2. The van der Waals surface area contributed by atoms with Gasteiger partial charge in [0.15, 0.2) is 0 Å². The molecule has 0 saturated carbocycles. The van der Waals surface area contributed by atoms with Crippen molar-refractivity contribution in [3.8, 4) is 22.5 Å². The van der Waals surface area contributed by atoms with Crippen molar-refractivity contribution >= 4 is 64.0 Å². The van der Waals surface area contributed by atoms with Gasteiger partial charge in [-0.2, -0.15) is 0 Å². The van der Waals surface area contributed by atoms with Crippen LogP contribution in [-0.4, -0.2) is 32.5 Å². The SMILES string of the molecule is Cc1cnc2c(ccc3c(C)c(C)cnc32)c1C.F[P-](F)(F)(F)(F)F.O=Cc1c[c]c(-c2ccc3ccccc3n2)cc1.O=Cc1c[c]c(-c2ccc3ccccc3n2)cc1.[Ir+3]. The Bertz CT molecular complexity index is 2860. The van der Waals surface area contributed by atoms with E-state index in [4.69, 9.17) is 0 Å². The summed E-state index contributed by atoms with van der Waals surface area (Å²) in [5.41, 5.74) is 13.8. The van der Waals surface area contributed by atoms with Crippen molar-refractivity contribution in [3.63, 3.8) is 0 Å². The zero-order valence-corrected chi connectivity index (χ0v) is 36.8. The smallest absolute Gasteiger partial charge is 0.298 e. The molecule has 9 aromatic rings. The van der Waals surface area contributed by atoms with Crippen LogP contribution in [0.2, 0.25) is 0 Å². The van der Waals surface area contributed by atoms with Crippen LogP contribution in [0.1, 0.15) is 43.0 Å². The summed E-state index contributed by atoms with van der Waals surface area (Å²) in [6, 6.07) is 45.1. The molecule has 0 spiro atoms. The van der Waals surface area contributed by atoms with Gasteiger partial charge in [0.2, 0.25) is 0 Å². The Hall–Kier alpha value is -6.26. The van der Waals surface area contributed by atoms with Crippen LogP contribution in [0.4, 0.5) is 25.2 Å². The molecule has 4 aromatic heterocycles. The van der Waals surface area contributed by atoms with E-state index in [0.29, 0.717) is 11.1 Å². The average molecular weight is 1040 g/mol. The molecule has 0 atom stereocenters. The molecular formula is C48H36F6IrN4O2P+2. The van der Waals surface area contributed by atoms with Gasteiger partial charge < -0.3 is 0 Å². The molecule has 5 aromatic carbocycles. The largest absolute Gasteiger partial charge is 3.00 e. The van der Waals surface area contributed by atoms with Gasteiger partial charge in [-0.25, -0.2) is 9.97 Å². The van der Waals surface area contributed by atoms with Crippen molar-refractivity contribution in [1.29, 1.82) is 0 Å².